The highest BCUT2D eigenvalue weighted by Gasteiger charge is 2.28. The van der Waals surface area contributed by atoms with E-state index in [1.165, 1.54) is 18.5 Å². The van der Waals surface area contributed by atoms with E-state index >= 15 is 0 Å². The van der Waals surface area contributed by atoms with Crippen LogP contribution >= 0.6 is 0 Å². The number of nitrogens with one attached hydrogen (secondary N) is 1. The highest BCUT2D eigenvalue weighted by Crippen LogP contribution is 2.28. The standard InChI is InChI=1S/C19H25N3O2/c1-13-16(17(21-24-13)19(2,3)4)18(23)20-14-7-9-15(10-8-14)22-11-5-6-12-22/h7-10H,5-6,11-12H2,1-4H3,(H,20,23). The molecule has 0 unspecified atom stereocenters. The number of aromatic nitrogens is 1. The van der Waals surface area contributed by atoms with Crippen LogP contribution in [0.3, 0.4) is 0 Å². The monoisotopic (exact) mass is 327 g/mol. The summed E-state index contributed by atoms with van der Waals surface area (Å²) in [6.45, 7) is 10.1. The summed E-state index contributed by atoms with van der Waals surface area (Å²) < 4.78 is 5.25. The fraction of sp³-hybridized carbons (Fsp3) is 0.474. The van der Waals surface area contributed by atoms with E-state index in [4.69, 9.17) is 4.52 Å². The Labute approximate surface area is 143 Å². The first-order chi connectivity index (χ1) is 11.4. The van der Waals surface area contributed by atoms with Crippen LogP contribution in [0.25, 0.3) is 0 Å². The molecule has 1 amide bonds. The van der Waals surface area contributed by atoms with Crippen LogP contribution in [-0.4, -0.2) is 24.2 Å². The Bertz CT molecular complexity index is 720. The van der Waals surface area contributed by atoms with Crippen molar-refractivity contribution >= 4 is 17.3 Å². The lowest BCUT2D eigenvalue weighted by molar-refractivity contribution is 0.102. The second-order valence-corrected chi connectivity index (χ2v) is 7.41. The first-order valence-electron chi connectivity index (χ1n) is 8.49. The molecule has 5 heteroatoms. The molecule has 3 rings (SSSR count). The molecule has 2 heterocycles. The highest BCUT2D eigenvalue weighted by atomic mass is 16.5. The lowest BCUT2D eigenvalue weighted by Gasteiger charge is -2.18. The molecule has 1 aromatic carbocycles. The number of hydrogen-bond donors (Lipinski definition) is 1. The summed E-state index contributed by atoms with van der Waals surface area (Å²) in [5.74, 6) is 0.374. The third-order valence-corrected chi connectivity index (χ3v) is 4.40. The summed E-state index contributed by atoms with van der Waals surface area (Å²) >= 11 is 0. The zero-order valence-corrected chi connectivity index (χ0v) is 14.8. The summed E-state index contributed by atoms with van der Waals surface area (Å²) in [7, 11) is 0. The van der Waals surface area contributed by atoms with Gasteiger partial charge in [-0.05, 0) is 44.0 Å². The zero-order chi connectivity index (χ0) is 17.3. The average molecular weight is 327 g/mol. The molecule has 0 radical (unpaired) electrons. The normalized spacial score (nSPS) is 14.9. The van der Waals surface area contributed by atoms with E-state index < -0.39 is 0 Å². The van der Waals surface area contributed by atoms with Gasteiger partial charge in [-0.15, -0.1) is 0 Å². The van der Waals surface area contributed by atoms with Gasteiger partial charge in [0.1, 0.15) is 17.0 Å². The number of nitrogens with zero attached hydrogens (tertiary/aromatic N) is 2. The van der Waals surface area contributed by atoms with Crippen molar-refractivity contribution in [3.63, 3.8) is 0 Å². The van der Waals surface area contributed by atoms with Gasteiger partial charge in [0.15, 0.2) is 0 Å². The summed E-state index contributed by atoms with van der Waals surface area (Å²) in [4.78, 5) is 15.1. The lowest BCUT2D eigenvalue weighted by atomic mass is 9.88. The summed E-state index contributed by atoms with van der Waals surface area (Å²) in [5, 5.41) is 7.03. The number of aryl methyl sites for hydroxylation is 1. The Kier molecular flexibility index (Phi) is 4.35. The minimum absolute atomic E-state index is 0.174. The molecule has 1 fully saturated rings. The SMILES string of the molecule is Cc1onc(C(C)(C)C)c1C(=O)Nc1ccc(N2CCCC2)cc1. The number of rotatable bonds is 3. The van der Waals surface area contributed by atoms with Crippen molar-refractivity contribution in [3.05, 3.63) is 41.3 Å². The molecule has 1 aliphatic heterocycles. The molecule has 5 nitrogen and oxygen atoms in total. The smallest absolute Gasteiger partial charge is 0.261 e. The van der Waals surface area contributed by atoms with Crippen molar-refractivity contribution in [3.8, 4) is 0 Å². The van der Waals surface area contributed by atoms with Gasteiger partial charge in [0.05, 0.1) is 0 Å². The molecule has 128 valence electrons. The Morgan fingerprint density at radius 1 is 1.17 bits per heavy atom. The molecule has 24 heavy (non-hydrogen) atoms. The van der Waals surface area contributed by atoms with Crippen LogP contribution < -0.4 is 10.2 Å². The molecule has 1 N–H and O–H groups in total. The first kappa shape index (κ1) is 16.6. The third-order valence-electron chi connectivity index (χ3n) is 4.40. The molecule has 0 bridgehead atoms. The maximum atomic E-state index is 12.7. The second-order valence-electron chi connectivity index (χ2n) is 7.41. The van der Waals surface area contributed by atoms with Crippen molar-refractivity contribution in [2.24, 2.45) is 0 Å². The molecular formula is C19H25N3O2. The Hall–Kier alpha value is -2.30. The molecule has 1 aliphatic rings. The van der Waals surface area contributed by atoms with Gasteiger partial charge in [-0.25, -0.2) is 0 Å². The van der Waals surface area contributed by atoms with Crippen LogP contribution in [-0.2, 0) is 5.41 Å². The fourth-order valence-electron chi connectivity index (χ4n) is 3.08. The second kappa shape index (κ2) is 6.30. The van der Waals surface area contributed by atoms with E-state index in [0.717, 1.165) is 18.8 Å². The fourth-order valence-corrected chi connectivity index (χ4v) is 3.08. The Balaban J connectivity index is 1.77. The third kappa shape index (κ3) is 3.30. The zero-order valence-electron chi connectivity index (χ0n) is 14.8. The van der Waals surface area contributed by atoms with Crippen LogP contribution in [0.4, 0.5) is 11.4 Å². The molecule has 0 saturated carbocycles. The Morgan fingerprint density at radius 3 is 2.38 bits per heavy atom. The summed E-state index contributed by atoms with van der Waals surface area (Å²) in [6, 6.07) is 8.02. The minimum Gasteiger partial charge on any atom is -0.372 e. The Morgan fingerprint density at radius 2 is 1.79 bits per heavy atom. The minimum atomic E-state index is -0.246. The van der Waals surface area contributed by atoms with Crippen LogP contribution in [0, 0.1) is 6.92 Å². The summed E-state index contributed by atoms with van der Waals surface area (Å²) in [5.41, 5.74) is 2.96. The van der Waals surface area contributed by atoms with E-state index in [1.807, 2.05) is 32.9 Å². The number of amides is 1. The maximum absolute atomic E-state index is 12.7. The van der Waals surface area contributed by atoms with Crippen LogP contribution in [0.5, 0.6) is 0 Å². The van der Waals surface area contributed by atoms with Crippen LogP contribution in [0.1, 0.15) is 55.4 Å². The molecular weight excluding hydrogens is 302 g/mol. The van der Waals surface area contributed by atoms with E-state index in [0.29, 0.717) is 17.0 Å². The maximum Gasteiger partial charge on any atom is 0.261 e. The van der Waals surface area contributed by atoms with E-state index in [1.54, 1.807) is 6.92 Å². The predicted molar refractivity (Wildman–Crippen MR) is 95.8 cm³/mol. The highest BCUT2D eigenvalue weighted by molar-refractivity contribution is 6.06. The number of carbonyl (C=O) groups is 1. The van der Waals surface area contributed by atoms with E-state index in [9.17, 15) is 4.79 Å². The predicted octanol–water partition coefficient (Wildman–Crippen LogP) is 4.13. The van der Waals surface area contributed by atoms with Gasteiger partial charge in [0.2, 0.25) is 0 Å². The number of hydrogen-bond acceptors (Lipinski definition) is 4. The van der Waals surface area contributed by atoms with E-state index in [-0.39, 0.29) is 11.3 Å². The van der Waals surface area contributed by atoms with Crippen LogP contribution in [0.2, 0.25) is 0 Å². The number of carbonyl (C=O) groups excluding carboxylic acids is 1. The first-order valence-corrected chi connectivity index (χ1v) is 8.49. The average Bonchev–Trinajstić information content (AvgIpc) is 3.16. The lowest BCUT2D eigenvalue weighted by Crippen LogP contribution is -2.21. The number of benzene rings is 1. The van der Waals surface area contributed by atoms with E-state index in [2.05, 4.69) is 27.5 Å². The van der Waals surface area contributed by atoms with Gasteiger partial charge >= 0.3 is 0 Å². The largest absolute Gasteiger partial charge is 0.372 e. The molecule has 0 spiro atoms. The van der Waals surface area contributed by atoms with Crippen molar-refractivity contribution in [2.75, 3.05) is 23.3 Å². The van der Waals surface area contributed by atoms with Gasteiger partial charge in [0.25, 0.3) is 5.91 Å². The van der Waals surface area contributed by atoms with Gasteiger partial charge in [0, 0.05) is 29.9 Å². The van der Waals surface area contributed by atoms with Crippen molar-refractivity contribution in [1.82, 2.24) is 5.16 Å². The quantitative estimate of drug-likeness (QED) is 0.921. The topological polar surface area (TPSA) is 58.4 Å². The van der Waals surface area contributed by atoms with Gasteiger partial charge < -0.3 is 14.7 Å². The van der Waals surface area contributed by atoms with Gasteiger partial charge in [-0.1, -0.05) is 25.9 Å². The molecule has 1 saturated heterocycles. The van der Waals surface area contributed by atoms with Crippen LogP contribution in [0.15, 0.2) is 28.8 Å². The molecule has 0 atom stereocenters. The molecule has 2 aromatic rings. The summed E-state index contributed by atoms with van der Waals surface area (Å²) in [6.07, 6.45) is 2.50. The van der Waals surface area contributed by atoms with Gasteiger partial charge in [-0.2, -0.15) is 0 Å². The van der Waals surface area contributed by atoms with Gasteiger partial charge in [-0.3, -0.25) is 4.79 Å². The van der Waals surface area contributed by atoms with Crippen molar-refractivity contribution < 1.29 is 9.32 Å². The van der Waals surface area contributed by atoms with Crippen molar-refractivity contribution in [1.29, 1.82) is 0 Å². The van der Waals surface area contributed by atoms with Crippen molar-refractivity contribution in [2.45, 2.75) is 46.0 Å². The molecule has 1 aromatic heterocycles. The molecule has 0 aliphatic carbocycles. The number of anilines is 2.